The Morgan fingerprint density at radius 1 is 1.25 bits per heavy atom. The number of hydrogen-bond acceptors (Lipinski definition) is 6. The van der Waals surface area contributed by atoms with E-state index in [1.54, 1.807) is 24.3 Å². The molecule has 4 rings (SSSR count). The standard InChI is InChI=1S/C24H25FN4O3/c1-32-21-7-2-4-16(23(21)30)13-26-20-10-11-29(15-20)22-9-8-17(14-27-22)24(31)28-19-6-3-5-18(25)12-19/h2-9,12,14,20,26,30H,10-11,13,15H2,1H3,(H,28,31)/t20-/m1/s1. The minimum Gasteiger partial charge on any atom is -0.504 e. The molecule has 1 fully saturated rings. The fourth-order valence-electron chi connectivity index (χ4n) is 3.74. The Morgan fingerprint density at radius 2 is 2.09 bits per heavy atom. The number of anilines is 2. The third-order valence-electron chi connectivity index (χ3n) is 5.49. The number of halogens is 1. The maximum absolute atomic E-state index is 13.3. The first-order valence-corrected chi connectivity index (χ1v) is 10.4. The molecule has 3 N–H and O–H groups in total. The fourth-order valence-corrected chi connectivity index (χ4v) is 3.74. The second-order valence-corrected chi connectivity index (χ2v) is 7.65. The van der Waals surface area contributed by atoms with Crippen LogP contribution >= 0.6 is 0 Å². The third kappa shape index (κ3) is 4.97. The lowest BCUT2D eigenvalue weighted by Gasteiger charge is -2.18. The summed E-state index contributed by atoms with van der Waals surface area (Å²) in [5.74, 6) is 0.666. The maximum Gasteiger partial charge on any atom is 0.257 e. The predicted octanol–water partition coefficient (Wildman–Crippen LogP) is 3.56. The second-order valence-electron chi connectivity index (χ2n) is 7.65. The molecule has 8 heteroatoms. The Balaban J connectivity index is 1.32. The number of rotatable bonds is 7. The summed E-state index contributed by atoms with van der Waals surface area (Å²) in [5.41, 5.74) is 1.59. The van der Waals surface area contributed by atoms with Crippen molar-refractivity contribution in [2.45, 2.75) is 19.0 Å². The van der Waals surface area contributed by atoms with Crippen LogP contribution in [0, 0.1) is 5.82 Å². The molecule has 1 aliphatic heterocycles. The van der Waals surface area contributed by atoms with Gasteiger partial charge in [-0.3, -0.25) is 4.79 Å². The molecule has 2 heterocycles. The SMILES string of the molecule is COc1cccc(CN[C@@H]2CCN(c3ccc(C(=O)Nc4cccc(F)c4)cn3)C2)c1O. The molecular formula is C24H25FN4O3. The quantitative estimate of drug-likeness (QED) is 0.525. The summed E-state index contributed by atoms with van der Waals surface area (Å²) in [6, 6.07) is 15.0. The largest absolute Gasteiger partial charge is 0.504 e. The van der Waals surface area contributed by atoms with Gasteiger partial charge in [-0.1, -0.05) is 18.2 Å². The number of aromatic hydroxyl groups is 1. The molecule has 0 bridgehead atoms. The number of aromatic nitrogens is 1. The Bertz CT molecular complexity index is 1090. The van der Waals surface area contributed by atoms with Gasteiger partial charge in [-0.25, -0.2) is 9.37 Å². The molecule has 2 aromatic carbocycles. The summed E-state index contributed by atoms with van der Waals surface area (Å²) in [5, 5.41) is 16.4. The van der Waals surface area contributed by atoms with Crippen LogP contribution in [0.1, 0.15) is 22.3 Å². The number of hydrogen-bond donors (Lipinski definition) is 3. The molecule has 0 saturated carbocycles. The molecule has 1 amide bonds. The molecule has 0 spiro atoms. The molecule has 0 radical (unpaired) electrons. The highest BCUT2D eigenvalue weighted by Crippen LogP contribution is 2.29. The van der Waals surface area contributed by atoms with Crippen LogP contribution in [-0.2, 0) is 6.54 Å². The number of nitrogens with zero attached hydrogens (tertiary/aromatic N) is 2. The van der Waals surface area contributed by atoms with E-state index in [0.717, 1.165) is 30.9 Å². The van der Waals surface area contributed by atoms with Crippen LogP contribution in [0.3, 0.4) is 0 Å². The number of methoxy groups -OCH3 is 1. The smallest absolute Gasteiger partial charge is 0.257 e. The van der Waals surface area contributed by atoms with E-state index in [4.69, 9.17) is 4.74 Å². The molecule has 3 aromatic rings. The van der Waals surface area contributed by atoms with Crippen LogP contribution in [-0.4, -0.2) is 42.2 Å². The molecule has 0 unspecified atom stereocenters. The van der Waals surface area contributed by atoms with Gasteiger partial charge in [0.1, 0.15) is 11.6 Å². The lowest BCUT2D eigenvalue weighted by atomic mass is 10.1. The van der Waals surface area contributed by atoms with Gasteiger partial charge < -0.3 is 25.4 Å². The van der Waals surface area contributed by atoms with Gasteiger partial charge >= 0.3 is 0 Å². The van der Waals surface area contributed by atoms with Crippen molar-refractivity contribution in [1.29, 1.82) is 0 Å². The van der Waals surface area contributed by atoms with Crippen molar-refractivity contribution in [3.05, 3.63) is 77.7 Å². The average Bonchev–Trinajstić information content (AvgIpc) is 3.27. The van der Waals surface area contributed by atoms with Crippen LogP contribution in [0.25, 0.3) is 0 Å². The molecular weight excluding hydrogens is 411 g/mol. The van der Waals surface area contributed by atoms with E-state index in [1.807, 2.05) is 18.2 Å². The molecule has 7 nitrogen and oxygen atoms in total. The highest BCUT2D eigenvalue weighted by atomic mass is 19.1. The number of ether oxygens (including phenoxy) is 1. The highest BCUT2D eigenvalue weighted by molar-refractivity contribution is 6.04. The van der Waals surface area contributed by atoms with E-state index in [2.05, 4.69) is 20.5 Å². The van der Waals surface area contributed by atoms with Crippen LogP contribution in [0.4, 0.5) is 15.9 Å². The summed E-state index contributed by atoms with van der Waals surface area (Å²) in [7, 11) is 1.53. The first kappa shape index (κ1) is 21.6. The van der Waals surface area contributed by atoms with Gasteiger partial charge in [-0.15, -0.1) is 0 Å². The minimum absolute atomic E-state index is 0.158. The normalized spacial score (nSPS) is 15.6. The fraction of sp³-hybridized carbons (Fsp3) is 0.250. The van der Waals surface area contributed by atoms with Crippen LogP contribution in [0.5, 0.6) is 11.5 Å². The number of pyridine rings is 1. The van der Waals surface area contributed by atoms with Gasteiger partial charge in [0.2, 0.25) is 0 Å². The first-order valence-electron chi connectivity index (χ1n) is 10.4. The lowest BCUT2D eigenvalue weighted by molar-refractivity contribution is 0.102. The van der Waals surface area contributed by atoms with E-state index < -0.39 is 5.82 Å². The van der Waals surface area contributed by atoms with Crippen molar-refractivity contribution in [2.75, 3.05) is 30.4 Å². The first-order chi connectivity index (χ1) is 15.5. The van der Waals surface area contributed by atoms with Crippen molar-refractivity contribution in [1.82, 2.24) is 10.3 Å². The number of phenols is 1. The molecule has 0 aliphatic carbocycles. The van der Waals surface area contributed by atoms with Crippen molar-refractivity contribution in [3.63, 3.8) is 0 Å². The van der Waals surface area contributed by atoms with Crippen molar-refractivity contribution in [3.8, 4) is 11.5 Å². The van der Waals surface area contributed by atoms with E-state index in [0.29, 0.717) is 23.5 Å². The maximum atomic E-state index is 13.3. The summed E-state index contributed by atoms with van der Waals surface area (Å²) >= 11 is 0. The number of carbonyl (C=O) groups excluding carboxylic acids is 1. The van der Waals surface area contributed by atoms with E-state index in [-0.39, 0.29) is 17.7 Å². The second kappa shape index (κ2) is 9.65. The Kier molecular flexibility index (Phi) is 6.51. The number of nitrogens with one attached hydrogen (secondary N) is 2. The zero-order valence-electron chi connectivity index (χ0n) is 17.7. The minimum atomic E-state index is -0.407. The van der Waals surface area contributed by atoms with Gasteiger partial charge in [-0.2, -0.15) is 0 Å². The van der Waals surface area contributed by atoms with Gasteiger partial charge in [-0.05, 0) is 42.8 Å². The zero-order valence-corrected chi connectivity index (χ0v) is 17.7. The van der Waals surface area contributed by atoms with E-state index in [1.165, 1.54) is 25.4 Å². The monoisotopic (exact) mass is 436 g/mol. The Morgan fingerprint density at radius 3 is 2.84 bits per heavy atom. The van der Waals surface area contributed by atoms with Crippen LogP contribution in [0.15, 0.2) is 60.8 Å². The molecule has 1 aliphatic rings. The summed E-state index contributed by atoms with van der Waals surface area (Å²) < 4.78 is 18.4. The van der Waals surface area contributed by atoms with Crippen molar-refractivity contribution < 1.29 is 19.0 Å². The average molecular weight is 436 g/mol. The molecule has 1 saturated heterocycles. The zero-order chi connectivity index (χ0) is 22.5. The number of amides is 1. The summed E-state index contributed by atoms with van der Waals surface area (Å²) in [4.78, 5) is 19.0. The van der Waals surface area contributed by atoms with Gasteiger partial charge in [0.15, 0.2) is 11.5 Å². The van der Waals surface area contributed by atoms with E-state index >= 15 is 0 Å². The van der Waals surface area contributed by atoms with Crippen LogP contribution < -0.4 is 20.3 Å². The third-order valence-corrected chi connectivity index (χ3v) is 5.49. The van der Waals surface area contributed by atoms with Gasteiger partial charge in [0.05, 0.1) is 12.7 Å². The topological polar surface area (TPSA) is 86.7 Å². The molecule has 166 valence electrons. The van der Waals surface area contributed by atoms with Gasteiger partial charge in [0, 0.05) is 43.1 Å². The molecule has 1 atom stereocenters. The Hall–Kier alpha value is -3.65. The van der Waals surface area contributed by atoms with E-state index in [9.17, 15) is 14.3 Å². The Labute approximate surface area is 185 Å². The van der Waals surface area contributed by atoms with Crippen molar-refractivity contribution >= 4 is 17.4 Å². The van der Waals surface area contributed by atoms with Crippen molar-refractivity contribution in [2.24, 2.45) is 0 Å². The van der Waals surface area contributed by atoms with Crippen LogP contribution in [0.2, 0.25) is 0 Å². The number of benzene rings is 2. The molecule has 32 heavy (non-hydrogen) atoms. The van der Waals surface area contributed by atoms with Gasteiger partial charge in [0.25, 0.3) is 5.91 Å². The lowest BCUT2D eigenvalue weighted by Crippen LogP contribution is -2.32. The number of para-hydroxylation sites is 1. The number of carbonyl (C=O) groups is 1. The molecule has 1 aromatic heterocycles. The number of phenolic OH excluding ortho intramolecular Hbond substituents is 1. The summed E-state index contributed by atoms with van der Waals surface area (Å²) in [6.45, 7) is 2.14. The predicted molar refractivity (Wildman–Crippen MR) is 121 cm³/mol. The highest BCUT2D eigenvalue weighted by Gasteiger charge is 2.23. The summed E-state index contributed by atoms with van der Waals surface area (Å²) in [6.07, 6.45) is 2.47.